The standard InChI is InChI=1S/C30H39ClN2O2/c31-29-21-24(23-11-13-28(14-12-23)35-18-15-26-6-1-2-16-32-26)9-10-25(29)19-22-5-3-7-27(20-22)33-17-4-8-30(33)34/h9-14,21-22,26-27,32H,1-8,15-20H2. The highest BCUT2D eigenvalue weighted by molar-refractivity contribution is 6.31. The Bertz CT molecular complexity index is 986. The number of piperidine rings is 1. The monoisotopic (exact) mass is 494 g/mol. The van der Waals surface area contributed by atoms with E-state index in [0.717, 1.165) is 80.1 Å². The van der Waals surface area contributed by atoms with Gasteiger partial charge in [-0.1, -0.05) is 48.7 Å². The average molecular weight is 495 g/mol. The molecule has 0 radical (unpaired) electrons. The van der Waals surface area contributed by atoms with Crippen molar-refractivity contribution < 1.29 is 9.53 Å². The zero-order valence-electron chi connectivity index (χ0n) is 20.8. The van der Waals surface area contributed by atoms with Gasteiger partial charge in [0.15, 0.2) is 0 Å². The van der Waals surface area contributed by atoms with E-state index < -0.39 is 0 Å². The van der Waals surface area contributed by atoms with Crippen LogP contribution in [0.3, 0.4) is 0 Å². The molecule has 1 N–H and O–H groups in total. The van der Waals surface area contributed by atoms with Gasteiger partial charge in [-0.25, -0.2) is 0 Å². The molecule has 188 valence electrons. The number of benzene rings is 2. The average Bonchev–Trinajstić information content (AvgIpc) is 3.32. The summed E-state index contributed by atoms with van der Waals surface area (Å²) < 4.78 is 5.99. The quantitative estimate of drug-likeness (QED) is 0.447. The fourth-order valence-corrected chi connectivity index (χ4v) is 6.48. The molecule has 5 rings (SSSR count). The molecule has 2 aromatic carbocycles. The number of nitrogens with one attached hydrogen (secondary N) is 1. The topological polar surface area (TPSA) is 41.6 Å². The Kier molecular flexibility index (Phi) is 8.31. The minimum Gasteiger partial charge on any atom is -0.494 e. The maximum Gasteiger partial charge on any atom is 0.222 e. The van der Waals surface area contributed by atoms with Gasteiger partial charge in [-0.2, -0.15) is 0 Å². The van der Waals surface area contributed by atoms with Gasteiger partial charge < -0.3 is 15.0 Å². The van der Waals surface area contributed by atoms with Gasteiger partial charge in [-0.05, 0) is 98.7 Å². The number of nitrogens with zero attached hydrogens (tertiary/aromatic N) is 1. The number of rotatable bonds is 8. The summed E-state index contributed by atoms with van der Waals surface area (Å²) in [4.78, 5) is 14.3. The Morgan fingerprint density at radius 1 is 0.971 bits per heavy atom. The molecule has 1 saturated carbocycles. The van der Waals surface area contributed by atoms with Gasteiger partial charge in [-0.3, -0.25) is 4.79 Å². The Balaban J connectivity index is 1.14. The van der Waals surface area contributed by atoms with E-state index in [2.05, 4.69) is 52.7 Å². The molecule has 4 nitrogen and oxygen atoms in total. The molecular formula is C30H39ClN2O2. The SMILES string of the molecule is O=C1CCCN1C1CCCC(Cc2ccc(-c3ccc(OCCC4CCCCN4)cc3)cc2Cl)C1. The third-order valence-electron chi connectivity index (χ3n) is 8.20. The van der Waals surface area contributed by atoms with E-state index in [-0.39, 0.29) is 0 Å². The molecule has 2 aliphatic heterocycles. The summed E-state index contributed by atoms with van der Waals surface area (Å²) in [6.07, 6.45) is 12.4. The van der Waals surface area contributed by atoms with Crippen LogP contribution in [0.4, 0.5) is 0 Å². The number of likely N-dealkylation sites (tertiary alicyclic amines) is 1. The Morgan fingerprint density at radius 3 is 2.57 bits per heavy atom. The van der Waals surface area contributed by atoms with Crippen molar-refractivity contribution in [1.29, 1.82) is 0 Å². The first-order chi connectivity index (χ1) is 17.2. The Hall–Kier alpha value is -2.04. The molecule has 3 fully saturated rings. The molecule has 35 heavy (non-hydrogen) atoms. The summed E-state index contributed by atoms with van der Waals surface area (Å²) in [5.74, 6) is 1.89. The number of amides is 1. The lowest BCUT2D eigenvalue weighted by Crippen LogP contribution is -2.39. The van der Waals surface area contributed by atoms with E-state index in [1.165, 1.54) is 37.7 Å². The van der Waals surface area contributed by atoms with Crippen LogP contribution < -0.4 is 10.1 Å². The van der Waals surface area contributed by atoms with Crippen LogP contribution in [0.5, 0.6) is 5.75 Å². The zero-order valence-corrected chi connectivity index (χ0v) is 21.6. The number of carbonyl (C=O) groups is 1. The lowest BCUT2D eigenvalue weighted by molar-refractivity contribution is -0.130. The molecule has 3 unspecified atom stereocenters. The van der Waals surface area contributed by atoms with Gasteiger partial charge in [-0.15, -0.1) is 0 Å². The molecule has 2 heterocycles. The van der Waals surface area contributed by atoms with Crippen molar-refractivity contribution in [3.8, 4) is 16.9 Å². The van der Waals surface area contributed by atoms with Crippen LogP contribution in [0.1, 0.15) is 69.8 Å². The molecular weight excluding hydrogens is 456 g/mol. The van der Waals surface area contributed by atoms with Crippen molar-refractivity contribution in [2.75, 3.05) is 19.7 Å². The zero-order chi connectivity index (χ0) is 24.0. The largest absolute Gasteiger partial charge is 0.494 e. The highest BCUT2D eigenvalue weighted by Crippen LogP contribution is 2.35. The fourth-order valence-electron chi connectivity index (χ4n) is 6.22. The first-order valence-corrected chi connectivity index (χ1v) is 14.1. The molecule has 1 amide bonds. The second-order valence-electron chi connectivity index (χ2n) is 10.7. The predicted octanol–water partition coefficient (Wildman–Crippen LogP) is 6.64. The Labute approximate surface area is 215 Å². The number of ether oxygens (including phenoxy) is 1. The van der Waals surface area contributed by atoms with E-state index in [9.17, 15) is 4.79 Å². The van der Waals surface area contributed by atoms with Gasteiger partial charge >= 0.3 is 0 Å². The molecule has 0 aromatic heterocycles. The van der Waals surface area contributed by atoms with Crippen molar-refractivity contribution >= 4 is 17.5 Å². The predicted molar refractivity (Wildman–Crippen MR) is 143 cm³/mol. The van der Waals surface area contributed by atoms with Gasteiger partial charge in [0, 0.05) is 30.1 Å². The van der Waals surface area contributed by atoms with Crippen LogP contribution in [0.2, 0.25) is 5.02 Å². The normalized spacial score (nSPS) is 25.1. The van der Waals surface area contributed by atoms with Crippen LogP contribution in [0, 0.1) is 5.92 Å². The smallest absolute Gasteiger partial charge is 0.222 e. The summed E-state index contributed by atoms with van der Waals surface area (Å²) in [6.45, 7) is 2.85. The molecule has 2 aromatic rings. The second kappa shape index (κ2) is 11.8. The van der Waals surface area contributed by atoms with Crippen molar-refractivity contribution in [2.24, 2.45) is 5.92 Å². The molecule has 0 spiro atoms. The number of carbonyl (C=O) groups excluding carboxylic acids is 1. The number of halogens is 1. The first kappa shape index (κ1) is 24.6. The van der Waals surface area contributed by atoms with Crippen LogP contribution >= 0.6 is 11.6 Å². The minimum atomic E-state index is 0.357. The molecule has 3 aliphatic rings. The van der Waals surface area contributed by atoms with Crippen LogP contribution in [-0.2, 0) is 11.2 Å². The van der Waals surface area contributed by atoms with E-state index >= 15 is 0 Å². The molecule has 2 saturated heterocycles. The summed E-state index contributed by atoms with van der Waals surface area (Å²) in [6, 6.07) is 15.9. The van der Waals surface area contributed by atoms with Crippen LogP contribution in [0.15, 0.2) is 42.5 Å². The molecule has 3 atom stereocenters. The first-order valence-electron chi connectivity index (χ1n) is 13.7. The Morgan fingerprint density at radius 2 is 1.83 bits per heavy atom. The lowest BCUT2D eigenvalue weighted by Gasteiger charge is -2.35. The summed E-state index contributed by atoms with van der Waals surface area (Å²) in [7, 11) is 0. The van der Waals surface area contributed by atoms with Crippen molar-refractivity contribution in [1.82, 2.24) is 10.2 Å². The summed E-state index contributed by atoms with van der Waals surface area (Å²) in [5, 5.41) is 4.43. The van der Waals surface area contributed by atoms with Gasteiger partial charge in [0.25, 0.3) is 0 Å². The van der Waals surface area contributed by atoms with E-state index in [1.807, 2.05) is 0 Å². The van der Waals surface area contributed by atoms with E-state index in [4.69, 9.17) is 16.3 Å². The number of hydrogen-bond donors (Lipinski definition) is 1. The van der Waals surface area contributed by atoms with E-state index in [1.54, 1.807) is 0 Å². The maximum atomic E-state index is 12.2. The second-order valence-corrected chi connectivity index (χ2v) is 11.1. The van der Waals surface area contributed by atoms with Crippen molar-refractivity contribution in [3.63, 3.8) is 0 Å². The van der Waals surface area contributed by atoms with Gasteiger partial charge in [0.1, 0.15) is 5.75 Å². The highest BCUT2D eigenvalue weighted by atomic mass is 35.5. The van der Waals surface area contributed by atoms with Gasteiger partial charge in [0.05, 0.1) is 6.61 Å². The highest BCUT2D eigenvalue weighted by Gasteiger charge is 2.32. The fraction of sp³-hybridized carbons (Fsp3) is 0.567. The van der Waals surface area contributed by atoms with Crippen LogP contribution in [0.25, 0.3) is 11.1 Å². The third kappa shape index (κ3) is 6.40. The van der Waals surface area contributed by atoms with Crippen molar-refractivity contribution in [3.05, 3.63) is 53.1 Å². The summed E-state index contributed by atoms with van der Waals surface area (Å²) in [5.41, 5.74) is 3.52. The van der Waals surface area contributed by atoms with Crippen LogP contribution in [-0.4, -0.2) is 42.6 Å². The van der Waals surface area contributed by atoms with Crippen molar-refractivity contribution in [2.45, 2.75) is 82.7 Å². The molecule has 5 heteroatoms. The lowest BCUT2D eigenvalue weighted by atomic mass is 9.81. The molecule has 1 aliphatic carbocycles. The maximum absolute atomic E-state index is 12.2. The van der Waals surface area contributed by atoms with Gasteiger partial charge in [0.2, 0.25) is 5.91 Å². The summed E-state index contributed by atoms with van der Waals surface area (Å²) >= 11 is 6.76. The number of hydrogen-bond acceptors (Lipinski definition) is 3. The molecule has 0 bridgehead atoms. The minimum absolute atomic E-state index is 0.357. The van der Waals surface area contributed by atoms with E-state index in [0.29, 0.717) is 23.9 Å². The third-order valence-corrected chi connectivity index (χ3v) is 8.55.